The Morgan fingerprint density at radius 1 is 0.585 bits per heavy atom. The number of anilines is 2. The maximum atomic E-state index is 11.3. The SMILES string of the molecule is C.C.Clc1ccc([C@@H]2CNCCN2c2ccc(Cl)cc2Cl)cc1.O=C1c2ccccc2CC1Br.OC1c2ccccc2CC1N1CCN(c2ccc(Cl)cc2Cl)[C@H](c2ccc(Cl)cc2)C1. The predicted molar refractivity (Wildman–Crippen MR) is 280 cm³/mol. The van der Waals surface area contributed by atoms with Gasteiger partial charge in [-0.1, -0.05) is 173 Å². The Labute approximate surface area is 422 Å². The number of benzene rings is 6. The molecule has 0 radical (unpaired) electrons. The lowest BCUT2D eigenvalue weighted by Gasteiger charge is -2.46. The average molecular weight is 1060 g/mol. The highest BCUT2D eigenvalue weighted by atomic mass is 79.9. The second-order valence-corrected chi connectivity index (χ2v) is 19.7. The molecule has 3 unspecified atom stereocenters. The Morgan fingerprint density at radius 2 is 1.11 bits per heavy atom. The summed E-state index contributed by atoms with van der Waals surface area (Å²) in [7, 11) is 0. The Morgan fingerprint density at radius 3 is 1.68 bits per heavy atom. The third kappa shape index (κ3) is 11.9. The molecule has 6 aromatic carbocycles. The van der Waals surface area contributed by atoms with E-state index in [1.165, 1.54) is 22.3 Å². The van der Waals surface area contributed by atoms with E-state index >= 15 is 0 Å². The van der Waals surface area contributed by atoms with Crippen LogP contribution in [0.2, 0.25) is 30.1 Å². The Bertz CT molecular complexity index is 2550. The van der Waals surface area contributed by atoms with Crippen molar-refractivity contribution in [3.63, 3.8) is 0 Å². The molecule has 2 aliphatic carbocycles. The van der Waals surface area contributed by atoms with Gasteiger partial charge in [0.25, 0.3) is 0 Å². The van der Waals surface area contributed by atoms with E-state index in [9.17, 15) is 9.90 Å². The lowest BCUT2D eigenvalue weighted by molar-refractivity contribution is 0.0487. The van der Waals surface area contributed by atoms with Crippen molar-refractivity contribution in [2.24, 2.45) is 0 Å². The van der Waals surface area contributed by atoms with Crippen LogP contribution in [0.5, 0.6) is 0 Å². The minimum Gasteiger partial charge on any atom is -0.387 e. The molecule has 2 saturated heterocycles. The van der Waals surface area contributed by atoms with Crippen LogP contribution in [0.25, 0.3) is 0 Å². The number of aliphatic hydroxyl groups is 1. The molecule has 2 heterocycles. The van der Waals surface area contributed by atoms with Gasteiger partial charge in [-0.3, -0.25) is 9.69 Å². The molecule has 0 aromatic heterocycles. The smallest absolute Gasteiger partial charge is 0.177 e. The van der Waals surface area contributed by atoms with E-state index in [1.807, 2.05) is 91.0 Å². The Kier molecular flexibility index (Phi) is 18.2. The van der Waals surface area contributed by atoms with E-state index in [-0.39, 0.29) is 43.6 Å². The van der Waals surface area contributed by atoms with Gasteiger partial charge in [0.2, 0.25) is 0 Å². The van der Waals surface area contributed by atoms with Crippen LogP contribution in [0.1, 0.15) is 71.2 Å². The molecule has 0 spiro atoms. The van der Waals surface area contributed by atoms with Crippen molar-refractivity contribution >= 4 is 103 Å². The first kappa shape index (κ1) is 51.1. The first-order chi connectivity index (χ1) is 30.4. The number of aliphatic hydroxyl groups excluding tert-OH is 1. The van der Waals surface area contributed by atoms with Crippen molar-refractivity contribution in [2.45, 2.75) is 56.8 Å². The molecule has 5 atom stereocenters. The number of hydrogen-bond donors (Lipinski definition) is 2. The molecule has 342 valence electrons. The normalized spacial score (nSPS) is 21.1. The molecule has 6 nitrogen and oxygen atoms in total. The fourth-order valence-corrected chi connectivity index (χ4v) is 10.9. The molecular weight excluding hydrogens is 1010 g/mol. The van der Waals surface area contributed by atoms with Gasteiger partial charge in [0.15, 0.2) is 5.78 Å². The zero-order valence-electron chi connectivity index (χ0n) is 34.1. The van der Waals surface area contributed by atoms with E-state index < -0.39 is 6.10 Å². The third-order valence-electron chi connectivity index (χ3n) is 12.2. The molecule has 2 aliphatic heterocycles. The number of Topliss-reactive ketones (excluding diaryl/α,β-unsaturated/α-hetero) is 1. The van der Waals surface area contributed by atoms with Crippen molar-refractivity contribution in [1.82, 2.24) is 10.2 Å². The summed E-state index contributed by atoms with van der Waals surface area (Å²) in [5, 5.41) is 18.5. The van der Waals surface area contributed by atoms with E-state index in [2.05, 4.69) is 66.3 Å². The fraction of sp³-hybridized carbons (Fsp3) is 0.288. The second-order valence-electron chi connectivity index (χ2n) is 16.0. The summed E-state index contributed by atoms with van der Waals surface area (Å²) in [6.07, 6.45) is 1.24. The van der Waals surface area contributed by atoms with Crippen LogP contribution >= 0.6 is 85.5 Å². The Hall–Kier alpha value is -3.31. The van der Waals surface area contributed by atoms with E-state index in [0.717, 1.165) is 79.6 Å². The number of halogens is 7. The minimum absolute atomic E-state index is 0. The number of fused-ring (bicyclic) bond motifs is 2. The van der Waals surface area contributed by atoms with Crippen LogP contribution in [0.3, 0.4) is 0 Å². The number of nitrogens with zero attached hydrogens (tertiary/aromatic N) is 3. The summed E-state index contributed by atoms with van der Waals surface area (Å²) in [6.45, 7) is 5.14. The highest BCUT2D eigenvalue weighted by Crippen LogP contribution is 2.41. The van der Waals surface area contributed by atoms with Gasteiger partial charge in [-0.15, -0.1) is 0 Å². The van der Waals surface area contributed by atoms with Crippen LogP contribution in [0, 0.1) is 0 Å². The quantitative estimate of drug-likeness (QED) is 0.168. The summed E-state index contributed by atoms with van der Waals surface area (Å²) in [4.78, 5) is 18.4. The molecule has 10 rings (SSSR count). The summed E-state index contributed by atoms with van der Waals surface area (Å²) < 4.78 is 0. The number of rotatable bonds is 5. The van der Waals surface area contributed by atoms with Gasteiger partial charge in [-0.2, -0.15) is 0 Å². The molecule has 4 aliphatic rings. The molecular formula is C52H53BrCl6N4O2. The number of carbonyl (C=O) groups excluding carboxylic acids is 1. The molecule has 0 saturated carbocycles. The monoisotopic (exact) mass is 1050 g/mol. The van der Waals surface area contributed by atoms with Gasteiger partial charge in [0.1, 0.15) is 0 Å². The summed E-state index contributed by atoms with van der Waals surface area (Å²) in [6, 6.07) is 43.7. The lowest BCUT2D eigenvalue weighted by atomic mass is 9.99. The summed E-state index contributed by atoms with van der Waals surface area (Å²) in [5.74, 6) is 0.223. The maximum Gasteiger partial charge on any atom is 0.177 e. The number of carbonyl (C=O) groups is 1. The number of nitrogens with one attached hydrogen (secondary N) is 1. The predicted octanol–water partition coefficient (Wildman–Crippen LogP) is 14.4. The molecule has 0 bridgehead atoms. The topological polar surface area (TPSA) is 59.1 Å². The van der Waals surface area contributed by atoms with Gasteiger partial charge in [0, 0.05) is 71.0 Å². The largest absolute Gasteiger partial charge is 0.387 e. The molecule has 6 aromatic rings. The van der Waals surface area contributed by atoms with Crippen molar-refractivity contribution in [2.75, 3.05) is 49.1 Å². The van der Waals surface area contributed by atoms with Crippen molar-refractivity contribution < 1.29 is 9.90 Å². The summed E-state index contributed by atoms with van der Waals surface area (Å²) in [5.41, 5.74) is 8.73. The number of piperazine rings is 2. The van der Waals surface area contributed by atoms with Crippen LogP contribution in [-0.4, -0.2) is 65.9 Å². The molecule has 2 fully saturated rings. The highest BCUT2D eigenvalue weighted by molar-refractivity contribution is 9.10. The zero-order chi connectivity index (χ0) is 44.2. The zero-order valence-corrected chi connectivity index (χ0v) is 40.2. The van der Waals surface area contributed by atoms with E-state index in [0.29, 0.717) is 25.1 Å². The van der Waals surface area contributed by atoms with Gasteiger partial charge in [-0.05, 0) is 101 Å². The first-order valence-corrected chi connectivity index (χ1v) is 24.0. The fourth-order valence-electron chi connectivity index (χ4n) is 9.04. The highest BCUT2D eigenvalue weighted by Gasteiger charge is 2.39. The van der Waals surface area contributed by atoms with Crippen LogP contribution < -0.4 is 15.1 Å². The second kappa shape index (κ2) is 23.1. The maximum absolute atomic E-state index is 11.3. The van der Waals surface area contributed by atoms with Crippen LogP contribution in [0.4, 0.5) is 11.4 Å². The van der Waals surface area contributed by atoms with Gasteiger partial charge in [-0.25, -0.2) is 0 Å². The molecule has 2 N–H and O–H groups in total. The minimum atomic E-state index is -0.465. The number of alkyl halides is 1. The van der Waals surface area contributed by atoms with Gasteiger partial charge in [0.05, 0.1) is 44.4 Å². The number of ketones is 1. The average Bonchev–Trinajstić information content (AvgIpc) is 3.78. The summed E-state index contributed by atoms with van der Waals surface area (Å²) >= 11 is 40.6. The van der Waals surface area contributed by atoms with Crippen molar-refractivity contribution in [3.05, 3.63) is 197 Å². The third-order valence-corrected chi connectivity index (χ3v) is 14.5. The lowest BCUT2D eigenvalue weighted by Crippen LogP contribution is -2.53. The van der Waals surface area contributed by atoms with Crippen LogP contribution in [-0.2, 0) is 12.8 Å². The van der Waals surface area contributed by atoms with Gasteiger partial charge < -0.3 is 20.2 Å². The van der Waals surface area contributed by atoms with Crippen molar-refractivity contribution in [3.8, 4) is 0 Å². The molecule has 65 heavy (non-hydrogen) atoms. The molecule has 0 amide bonds. The van der Waals surface area contributed by atoms with Gasteiger partial charge >= 0.3 is 0 Å². The van der Waals surface area contributed by atoms with E-state index in [1.54, 1.807) is 12.1 Å². The Balaban J connectivity index is 0.000000177. The molecule has 13 heteroatoms. The van der Waals surface area contributed by atoms with Crippen LogP contribution in [0.15, 0.2) is 133 Å². The standard InChI is InChI=1S/C25H23Cl3N2O.C16H15Cl3N2.C9H7BrO.2CH4/c26-18-7-5-16(6-8-18)24-15-29(23-13-17-3-1-2-4-20(17)25(23)31)11-12-30(24)22-10-9-19(27)14-21(22)28;17-12-3-1-11(2-4-12)16-10-20-7-8-21(16)15-6-5-13(18)9-14(15)19;10-8-5-6-3-1-2-4-7(6)9(8)11;;/h1-10,14,23-25,31H,11-13,15H2;1-6,9,16,20H,7-8,10H2;1-4,8H,5H2;2*1H4/t23?,24-,25?;16-;;;/m00.../s1. The van der Waals surface area contributed by atoms with E-state index in [4.69, 9.17) is 69.6 Å². The first-order valence-electron chi connectivity index (χ1n) is 20.9. The van der Waals surface area contributed by atoms with Crippen molar-refractivity contribution in [1.29, 1.82) is 0 Å². The number of hydrogen-bond acceptors (Lipinski definition) is 6.